The number of nitrogens with one attached hydrogen (secondary N) is 1. The summed E-state index contributed by atoms with van der Waals surface area (Å²) in [5.74, 6) is 0.177. The van der Waals surface area contributed by atoms with E-state index in [1.807, 2.05) is 0 Å². The number of benzene rings is 1. The van der Waals surface area contributed by atoms with Crippen molar-refractivity contribution in [2.75, 3.05) is 19.6 Å². The van der Waals surface area contributed by atoms with Crippen molar-refractivity contribution in [2.45, 2.75) is 32.7 Å². The predicted octanol–water partition coefficient (Wildman–Crippen LogP) is 2.61. The van der Waals surface area contributed by atoms with Crippen molar-refractivity contribution in [3.63, 3.8) is 0 Å². The molecular formula is C19H24ClN3O3. The molecule has 140 valence electrons. The van der Waals surface area contributed by atoms with Crippen molar-refractivity contribution < 1.29 is 14.4 Å². The van der Waals surface area contributed by atoms with Crippen LogP contribution in [-0.2, 0) is 15.1 Å². The second kappa shape index (κ2) is 6.91. The van der Waals surface area contributed by atoms with Crippen LogP contribution in [0, 0.1) is 11.8 Å². The lowest BCUT2D eigenvalue weighted by Gasteiger charge is -2.35. The molecule has 0 aliphatic carbocycles. The zero-order valence-electron chi connectivity index (χ0n) is 15.3. The minimum Gasteiger partial charge on any atom is -0.341 e. The molecule has 0 bridgehead atoms. The minimum absolute atomic E-state index is 0.199. The van der Waals surface area contributed by atoms with Gasteiger partial charge in [0.2, 0.25) is 5.91 Å². The number of halogens is 1. The zero-order chi connectivity index (χ0) is 19.1. The summed E-state index contributed by atoms with van der Waals surface area (Å²) in [6.45, 7) is 6.91. The normalized spacial score (nSPS) is 29.1. The van der Waals surface area contributed by atoms with E-state index in [1.165, 1.54) is 0 Å². The van der Waals surface area contributed by atoms with E-state index in [1.54, 1.807) is 36.1 Å². The monoisotopic (exact) mass is 377 g/mol. The van der Waals surface area contributed by atoms with E-state index in [9.17, 15) is 14.4 Å². The summed E-state index contributed by atoms with van der Waals surface area (Å²) < 4.78 is 0. The standard InChI is InChI=1S/C19H24ClN3O3/c1-12-8-13(2)10-22(9-12)16(24)11-23-17(25)19(3,21-18(23)26)14-6-4-5-7-15(14)20/h4-7,12-13H,8-11H2,1-3H3,(H,21,26). The maximum atomic E-state index is 13.0. The number of nitrogens with zero attached hydrogens (tertiary/aromatic N) is 2. The van der Waals surface area contributed by atoms with Crippen LogP contribution in [0.2, 0.25) is 5.02 Å². The number of carbonyl (C=O) groups is 3. The SMILES string of the molecule is CC1CC(C)CN(C(=O)CN2C(=O)NC(C)(c3ccccc3Cl)C2=O)C1. The first-order chi connectivity index (χ1) is 12.2. The van der Waals surface area contributed by atoms with Gasteiger partial charge in [0.05, 0.1) is 0 Å². The fourth-order valence-corrected chi connectivity index (χ4v) is 4.32. The second-order valence-electron chi connectivity index (χ2n) is 7.67. The molecule has 3 atom stereocenters. The molecule has 2 aliphatic rings. The molecule has 2 aliphatic heterocycles. The third-order valence-electron chi connectivity index (χ3n) is 5.20. The van der Waals surface area contributed by atoms with Crippen LogP contribution < -0.4 is 5.32 Å². The van der Waals surface area contributed by atoms with Gasteiger partial charge in [-0.1, -0.05) is 43.6 Å². The Bertz CT molecular complexity index is 743. The van der Waals surface area contributed by atoms with Gasteiger partial charge >= 0.3 is 6.03 Å². The molecule has 3 unspecified atom stereocenters. The smallest absolute Gasteiger partial charge is 0.325 e. The van der Waals surface area contributed by atoms with Crippen LogP contribution in [0.25, 0.3) is 0 Å². The van der Waals surface area contributed by atoms with Crippen LogP contribution in [0.1, 0.15) is 32.8 Å². The molecule has 2 heterocycles. The largest absolute Gasteiger partial charge is 0.341 e. The Balaban J connectivity index is 1.77. The molecule has 0 spiro atoms. The molecule has 1 N–H and O–H groups in total. The lowest BCUT2D eigenvalue weighted by Crippen LogP contribution is -2.48. The molecule has 0 radical (unpaired) electrons. The Kier molecular flexibility index (Phi) is 4.97. The molecule has 3 rings (SSSR count). The summed E-state index contributed by atoms with van der Waals surface area (Å²) in [5, 5.41) is 3.09. The number of hydrogen-bond donors (Lipinski definition) is 1. The zero-order valence-corrected chi connectivity index (χ0v) is 16.0. The van der Waals surface area contributed by atoms with E-state index in [0.29, 0.717) is 35.5 Å². The van der Waals surface area contributed by atoms with Crippen molar-refractivity contribution in [3.8, 4) is 0 Å². The Morgan fingerprint density at radius 1 is 1.23 bits per heavy atom. The highest BCUT2D eigenvalue weighted by molar-refractivity contribution is 6.32. The van der Waals surface area contributed by atoms with Crippen LogP contribution in [0.5, 0.6) is 0 Å². The molecule has 7 heteroatoms. The quantitative estimate of drug-likeness (QED) is 0.823. The first kappa shape index (κ1) is 18.7. The average molecular weight is 378 g/mol. The highest BCUT2D eigenvalue weighted by atomic mass is 35.5. The Hall–Kier alpha value is -2.08. The molecule has 0 saturated carbocycles. The Labute approximate surface area is 158 Å². The fraction of sp³-hybridized carbons (Fsp3) is 0.526. The third-order valence-corrected chi connectivity index (χ3v) is 5.53. The van der Waals surface area contributed by atoms with Crippen molar-refractivity contribution in [3.05, 3.63) is 34.9 Å². The topological polar surface area (TPSA) is 69.7 Å². The summed E-state index contributed by atoms with van der Waals surface area (Å²) in [5.41, 5.74) is -0.742. The predicted molar refractivity (Wildman–Crippen MR) is 98.6 cm³/mol. The number of urea groups is 1. The first-order valence-corrected chi connectivity index (χ1v) is 9.27. The van der Waals surface area contributed by atoms with E-state index in [-0.39, 0.29) is 12.5 Å². The van der Waals surface area contributed by atoms with Crippen LogP contribution >= 0.6 is 11.6 Å². The molecule has 0 aromatic heterocycles. The van der Waals surface area contributed by atoms with Gasteiger partial charge < -0.3 is 10.2 Å². The molecule has 26 heavy (non-hydrogen) atoms. The average Bonchev–Trinajstić information content (AvgIpc) is 2.78. The van der Waals surface area contributed by atoms with E-state index in [2.05, 4.69) is 19.2 Å². The number of carbonyl (C=O) groups excluding carboxylic acids is 3. The number of piperidine rings is 1. The van der Waals surface area contributed by atoms with Crippen LogP contribution in [0.4, 0.5) is 4.79 Å². The van der Waals surface area contributed by atoms with Crippen molar-refractivity contribution in [1.82, 2.24) is 15.1 Å². The van der Waals surface area contributed by atoms with E-state index in [0.717, 1.165) is 11.3 Å². The van der Waals surface area contributed by atoms with Crippen LogP contribution in [0.15, 0.2) is 24.3 Å². The molecule has 6 nitrogen and oxygen atoms in total. The van der Waals surface area contributed by atoms with E-state index in [4.69, 9.17) is 11.6 Å². The van der Waals surface area contributed by atoms with Gasteiger partial charge in [0, 0.05) is 23.7 Å². The van der Waals surface area contributed by atoms with Gasteiger partial charge in [0.25, 0.3) is 5.91 Å². The van der Waals surface area contributed by atoms with Crippen LogP contribution in [0.3, 0.4) is 0 Å². The Morgan fingerprint density at radius 3 is 2.46 bits per heavy atom. The molecular weight excluding hydrogens is 354 g/mol. The van der Waals surface area contributed by atoms with Crippen LogP contribution in [-0.4, -0.2) is 47.3 Å². The maximum absolute atomic E-state index is 13.0. The van der Waals surface area contributed by atoms with E-state index >= 15 is 0 Å². The van der Waals surface area contributed by atoms with Gasteiger partial charge in [-0.05, 0) is 31.2 Å². The number of amides is 4. The summed E-state index contributed by atoms with van der Waals surface area (Å²) in [6.07, 6.45) is 1.08. The van der Waals surface area contributed by atoms with Gasteiger partial charge in [-0.25, -0.2) is 4.79 Å². The minimum atomic E-state index is -1.27. The maximum Gasteiger partial charge on any atom is 0.325 e. The highest BCUT2D eigenvalue weighted by Crippen LogP contribution is 2.33. The summed E-state index contributed by atoms with van der Waals surface area (Å²) in [6, 6.07) is 6.34. The third kappa shape index (κ3) is 3.30. The number of rotatable bonds is 3. The molecule has 1 aromatic rings. The molecule has 2 saturated heterocycles. The fourth-order valence-electron chi connectivity index (χ4n) is 3.99. The first-order valence-electron chi connectivity index (χ1n) is 8.89. The Morgan fingerprint density at radius 2 is 1.85 bits per heavy atom. The molecule has 4 amide bonds. The van der Waals surface area contributed by atoms with Gasteiger partial charge in [-0.3, -0.25) is 14.5 Å². The lowest BCUT2D eigenvalue weighted by atomic mass is 9.91. The van der Waals surface area contributed by atoms with Crippen molar-refractivity contribution in [1.29, 1.82) is 0 Å². The number of likely N-dealkylation sites (tertiary alicyclic amines) is 1. The van der Waals surface area contributed by atoms with Gasteiger partial charge in [-0.15, -0.1) is 0 Å². The number of hydrogen-bond acceptors (Lipinski definition) is 3. The van der Waals surface area contributed by atoms with Gasteiger partial charge in [-0.2, -0.15) is 0 Å². The second-order valence-corrected chi connectivity index (χ2v) is 8.08. The summed E-state index contributed by atoms with van der Waals surface area (Å²) >= 11 is 6.22. The molecule has 2 fully saturated rings. The van der Waals surface area contributed by atoms with Crippen molar-refractivity contribution >= 4 is 29.4 Å². The highest BCUT2D eigenvalue weighted by Gasteiger charge is 2.50. The summed E-state index contributed by atoms with van der Waals surface area (Å²) in [4.78, 5) is 40.8. The lowest BCUT2D eigenvalue weighted by molar-refractivity contribution is -0.140. The molecule has 1 aromatic carbocycles. The number of imide groups is 1. The van der Waals surface area contributed by atoms with E-state index < -0.39 is 17.5 Å². The van der Waals surface area contributed by atoms with Gasteiger partial charge in [0.1, 0.15) is 12.1 Å². The van der Waals surface area contributed by atoms with Gasteiger partial charge in [0.15, 0.2) is 0 Å². The van der Waals surface area contributed by atoms with Crippen molar-refractivity contribution in [2.24, 2.45) is 11.8 Å². The summed E-state index contributed by atoms with van der Waals surface area (Å²) in [7, 11) is 0.